The number of allylic oxidation sites excluding steroid dienone is 9. The van der Waals surface area contributed by atoms with Gasteiger partial charge in [-0.3, -0.25) is 0 Å². The maximum Gasteiger partial charge on any atom is 0.0534 e. The molecule has 0 saturated carbocycles. The number of hydrogen-bond donors (Lipinski definition) is 0. The Morgan fingerprint density at radius 3 is 2.07 bits per heavy atom. The Bertz CT molecular complexity index is 2330. The smallest absolute Gasteiger partial charge is 0.0534 e. The quantitative estimate of drug-likeness (QED) is 0.0942. The average molecular weight is 719 g/mol. The minimum atomic E-state index is -0.333. The van der Waals surface area contributed by atoms with Gasteiger partial charge in [-0.05, 0) is 117 Å². The van der Waals surface area contributed by atoms with Gasteiger partial charge in [0.2, 0.25) is 0 Å². The molecule has 0 aromatic heterocycles. The fourth-order valence-corrected chi connectivity index (χ4v) is 9.02. The summed E-state index contributed by atoms with van der Waals surface area (Å²) in [5.74, 6) is 0.416. The molecular formula is C55H58. The second kappa shape index (κ2) is 15.1. The van der Waals surface area contributed by atoms with E-state index in [9.17, 15) is 0 Å². The minimum absolute atomic E-state index is 0.0218. The van der Waals surface area contributed by atoms with E-state index in [1.165, 1.54) is 77.9 Å². The van der Waals surface area contributed by atoms with Crippen LogP contribution in [-0.2, 0) is 23.7 Å². The van der Waals surface area contributed by atoms with Crippen LogP contribution in [0.25, 0.3) is 27.8 Å². The number of hydrogen-bond acceptors (Lipinski definition) is 0. The Balaban J connectivity index is 1.21. The normalized spacial score (nSPS) is 18.1. The van der Waals surface area contributed by atoms with Crippen LogP contribution in [0.15, 0.2) is 169 Å². The molecule has 7 rings (SSSR count). The van der Waals surface area contributed by atoms with Gasteiger partial charge in [0, 0.05) is 5.41 Å². The van der Waals surface area contributed by atoms with E-state index < -0.39 is 0 Å². The lowest BCUT2D eigenvalue weighted by Gasteiger charge is -2.28. The maximum absolute atomic E-state index is 4.16. The van der Waals surface area contributed by atoms with Crippen molar-refractivity contribution in [1.29, 1.82) is 0 Å². The molecule has 0 heteroatoms. The molecule has 0 N–H and O–H groups in total. The molecule has 0 bridgehead atoms. The summed E-state index contributed by atoms with van der Waals surface area (Å²) in [6.45, 7) is 22.6. The van der Waals surface area contributed by atoms with Crippen molar-refractivity contribution in [2.75, 3.05) is 0 Å². The zero-order valence-electron chi connectivity index (χ0n) is 34.3. The molecule has 0 saturated heterocycles. The van der Waals surface area contributed by atoms with Crippen LogP contribution in [-0.4, -0.2) is 0 Å². The molecule has 5 aromatic rings. The van der Waals surface area contributed by atoms with Crippen LogP contribution < -0.4 is 0 Å². The number of aryl methyl sites for hydroxylation is 1. The highest BCUT2D eigenvalue weighted by molar-refractivity contribution is 5.83. The number of rotatable bonds is 11. The van der Waals surface area contributed by atoms with Gasteiger partial charge in [0.05, 0.1) is 5.41 Å². The first kappa shape index (κ1) is 38.1. The van der Waals surface area contributed by atoms with Crippen molar-refractivity contribution in [2.24, 2.45) is 5.41 Å². The minimum Gasteiger partial charge on any atom is -0.0988 e. The Labute approximate surface area is 331 Å². The summed E-state index contributed by atoms with van der Waals surface area (Å²) in [6.07, 6.45) is 16.9. The van der Waals surface area contributed by atoms with Gasteiger partial charge in [-0.1, -0.05) is 205 Å². The Hall–Kier alpha value is -5.20. The van der Waals surface area contributed by atoms with E-state index in [-0.39, 0.29) is 16.2 Å². The highest BCUT2D eigenvalue weighted by Crippen LogP contribution is 2.50. The lowest BCUT2D eigenvalue weighted by Crippen LogP contribution is -2.21. The molecule has 0 amide bonds. The summed E-state index contributed by atoms with van der Waals surface area (Å²) in [7, 11) is 0. The van der Waals surface area contributed by atoms with Crippen molar-refractivity contribution in [2.45, 2.75) is 91.4 Å². The van der Waals surface area contributed by atoms with Crippen molar-refractivity contribution in [3.8, 4) is 22.3 Å². The topological polar surface area (TPSA) is 0 Å². The van der Waals surface area contributed by atoms with Crippen LogP contribution in [0, 0.1) is 5.41 Å². The zero-order chi connectivity index (χ0) is 39.0. The average Bonchev–Trinajstić information content (AvgIpc) is 3.61. The second-order valence-electron chi connectivity index (χ2n) is 17.5. The lowest BCUT2D eigenvalue weighted by atomic mass is 9.74. The van der Waals surface area contributed by atoms with Gasteiger partial charge in [-0.25, -0.2) is 0 Å². The molecule has 0 fully saturated rings. The molecule has 2 atom stereocenters. The van der Waals surface area contributed by atoms with E-state index in [4.69, 9.17) is 0 Å². The van der Waals surface area contributed by atoms with E-state index in [1.54, 1.807) is 0 Å². The van der Waals surface area contributed by atoms with E-state index in [0.717, 1.165) is 19.3 Å². The van der Waals surface area contributed by atoms with Crippen molar-refractivity contribution in [3.05, 3.63) is 208 Å². The van der Waals surface area contributed by atoms with Crippen molar-refractivity contribution in [3.63, 3.8) is 0 Å². The predicted molar refractivity (Wildman–Crippen MR) is 239 cm³/mol. The molecule has 55 heavy (non-hydrogen) atoms. The molecule has 5 aromatic carbocycles. The Kier molecular flexibility index (Phi) is 10.5. The van der Waals surface area contributed by atoms with Gasteiger partial charge in [0.15, 0.2) is 0 Å². The van der Waals surface area contributed by atoms with Crippen LogP contribution in [0.2, 0.25) is 0 Å². The lowest BCUT2D eigenvalue weighted by molar-refractivity contribution is 0.517. The first-order valence-corrected chi connectivity index (χ1v) is 20.3. The van der Waals surface area contributed by atoms with Crippen LogP contribution in [0.4, 0.5) is 0 Å². The van der Waals surface area contributed by atoms with Gasteiger partial charge in [-0.15, -0.1) is 0 Å². The second-order valence-corrected chi connectivity index (χ2v) is 17.5. The van der Waals surface area contributed by atoms with E-state index in [1.807, 2.05) is 6.08 Å². The zero-order valence-corrected chi connectivity index (χ0v) is 34.3. The molecule has 2 unspecified atom stereocenters. The van der Waals surface area contributed by atoms with Crippen molar-refractivity contribution in [1.82, 2.24) is 0 Å². The largest absolute Gasteiger partial charge is 0.0988 e. The van der Waals surface area contributed by atoms with Gasteiger partial charge < -0.3 is 0 Å². The van der Waals surface area contributed by atoms with Gasteiger partial charge >= 0.3 is 0 Å². The number of benzene rings is 5. The molecule has 0 spiro atoms. The van der Waals surface area contributed by atoms with Crippen molar-refractivity contribution >= 4 is 5.57 Å². The fourth-order valence-electron chi connectivity index (χ4n) is 9.02. The fraction of sp³-hybridized carbons (Fsp3) is 0.273. The molecule has 2 aliphatic carbocycles. The summed E-state index contributed by atoms with van der Waals surface area (Å²) in [6, 6.07) is 43.3. The first-order valence-electron chi connectivity index (χ1n) is 20.3. The summed E-state index contributed by atoms with van der Waals surface area (Å²) in [4.78, 5) is 0. The van der Waals surface area contributed by atoms with Crippen LogP contribution in [0.1, 0.15) is 107 Å². The van der Waals surface area contributed by atoms with E-state index >= 15 is 0 Å². The summed E-state index contributed by atoms with van der Waals surface area (Å²) >= 11 is 0. The third kappa shape index (κ3) is 7.32. The highest BCUT2D eigenvalue weighted by atomic mass is 14.4. The van der Waals surface area contributed by atoms with Crippen LogP contribution >= 0.6 is 0 Å². The van der Waals surface area contributed by atoms with Crippen molar-refractivity contribution < 1.29 is 0 Å². The van der Waals surface area contributed by atoms with Gasteiger partial charge in [0.25, 0.3) is 0 Å². The molecular weight excluding hydrogens is 661 g/mol. The van der Waals surface area contributed by atoms with E-state index in [2.05, 4.69) is 208 Å². The standard InChI is InChI=1S/C55H58/c1-10-33-55(39(4)22-30-46(11-2)53(5,6)7)37-45(34-40-24-27-43(28-25-40)42-17-13-12-14-18-42)47-32-29-44(36-52(47)55)38(3)21-23-41-26-31-49-48-19-15-16-20-50(48)54(8,9)51(49)35-41/h10-20,22,24-33,35-38H,2,21,23,34H2,1,3-9H3/b33-10+,39-22+,46-30+. The molecule has 0 nitrogen and oxygen atoms in total. The van der Waals surface area contributed by atoms with Gasteiger partial charge in [-0.2, -0.15) is 0 Å². The Morgan fingerprint density at radius 1 is 0.709 bits per heavy atom. The molecule has 0 aliphatic heterocycles. The van der Waals surface area contributed by atoms with Crippen LogP contribution in [0.5, 0.6) is 0 Å². The SMILES string of the molecule is C=C/C(=C\C=C(/C)C1(/C=C/C)C=C(Cc2ccc(-c3ccccc3)cc2)c2ccc(C(C)CCc3ccc4c(c3)C(C)(C)c3ccccc3-4)cc21)C(C)(C)C. The summed E-state index contributed by atoms with van der Waals surface area (Å²) in [5, 5.41) is 0. The molecule has 2 aliphatic rings. The third-order valence-electron chi connectivity index (χ3n) is 12.5. The molecule has 278 valence electrons. The predicted octanol–water partition coefficient (Wildman–Crippen LogP) is 15.0. The van der Waals surface area contributed by atoms with E-state index in [0.29, 0.717) is 5.92 Å². The monoisotopic (exact) mass is 718 g/mol. The summed E-state index contributed by atoms with van der Waals surface area (Å²) in [5.41, 5.74) is 18.8. The number of fused-ring (bicyclic) bond motifs is 4. The molecule has 0 heterocycles. The highest BCUT2D eigenvalue weighted by Gasteiger charge is 2.38. The maximum atomic E-state index is 4.16. The summed E-state index contributed by atoms with van der Waals surface area (Å²) < 4.78 is 0. The Morgan fingerprint density at radius 2 is 1.36 bits per heavy atom. The first-order chi connectivity index (χ1) is 26.4. The van der Waals surface area contributed by atoms with Crippen LogP contribution in [0.3, 0.4) is 0 Å². The third-order valence-corrected chi connectivity index (χ3v) is 12.5. The molecule has 0 radical (unpaired) electrons. The van der Waals surface area contributed by atoms with Gasteiger partial charge in [0.1, 0.15) is 0 Å².